The average molecular weight is 381 g/mol. The van der Waals surface area contributed by atoms with Gasteiger partial charge in [-0.3, -0.25) is 24.6 Å². The number of nitro benzene ring substituents is 1. The molecule has 0 bridgehead atoms. The summed E-state index contributed by atoms with van der Waals surface area (Å²) >= 11 is 1.27. The van der Waals surface area contributed by atoms with Gasteiger partial charge < -0.3 is 10.0 Å². The van der Waals surface area contributed by atoms with Gasteiger partial charge in [-0.15, -0.1) is 11.8 Å². The smallest absolute Gasteiger partial charge is 0.317 e. The van der Waals surface area contributed by atoms with Crippen LogP contribution in [0.3, 0.4) is 0 Å². The summed E-state index contributed by atoms with van der Waals surface area (Å²) in [6.45, 7) is 3.59. The minimum atomic E-state index is -0.855. The van der Waals surface area contributed by atoms with Crippen molar-refractivity contribution < 1.29 is 19.6 Å². The number of carboxylic acids is 1. The Bertz CT molecular complexity index is 689. The summed E-state index contributed by atoms with van der Waals surface area (Å²) in [6.07, 6.45) is 3.14. The maximum absolute atomic E-state index is 12.7. The molecular weight excluding hydrogens is 358 g/mol. The summed E-state index contributed by atoms with van der Waals surface area (Å²) in [5.41, 5.74) is 0.252. The minimum absolute atomic E-state index is 0.00253. The van der Waals surface area contributed by atoms with Crippen molar-refractivity contribution in [2.75, 3.05) is 32.4 Å². The normalized spacial score (nSPS) is 15.3. The van der Waals surface area contributed by atoms with Crippen LogP contribution in [-0.2, 0) is 4.79 Å². The highest BCUT2D eigenvalue weighted by molar-refractivity contribution is 7.98. The third-order valence-electron chi connectivity index (χ3n) is 4.64. The number of thioether (sulfide) groups is 1. The number of carboxylic acid groups (broad SMARTS) is 1. The van der Waals surface area contributed by atoms with Crippen LogP contribution in [0.15, 0.2) is 23.1 Å². The molecule has 1 saturated heterocycles. The summed E-state index contributed by atoms with van der Waals surface area (Å²) in [7, 11) is 0. The number of hydrogen-bond acceptors (Lipinski definition) is 6. The van der Waals surface area contributed by atoms with E-state index in [4.69, 9.17) is 5.11 Å². The van der Waals surface area contributed by atoms with Crippen LogP contribution in [0, 0.1) is 10.1 Å². The molecule has 0 saturated carbocycles. The van der Waals surface area contributed by atoms with E-state index in [1.54, 1.807) is 23.3 Å². The summed E-state index contributed by atoms with van der Waals surface area (Å²) in [4.78, 5) is 38.5. The Morgan fingerprint density at radius 1 is 1.38 bits per heavy atom. The Kier molecular flexibility index (Phi) is 6.98. The van der Waals surface area contributed by atoms with Gasteiger partial charge in [-0.05, 0) is 37.8 Å². The van der Waals surface area contributed by atoms with Crippen LogP contribution in [0.25, 0.3) is 0 Å². The maximum atomic E-state index is 12.7. The van der Waals surface area contributed by atoms with Gasteiger partial charge in [0.05, 0.1) is 16.4 Å². The van der Waals surface area contributed by atoms with Gasteiger partial charge in [0.1, 0.15) is 0 Å². The van der Waals surface area contributed by atoms with E-state index in [1.807, 2.05) is 11.8 Å². The molecule has 1 aromatic rings. The Morgan fingerprint density at radius 3 is 2.54 bits per heavy atom. The molecule has 9 heteroatoms. The van der Waals surface area contributed by atoms with Gasteiger partial charge in [-0.1, -0.05) is 6.92 Å². The van der Waals surface area contributed by atoms with E-state index in [0.29, 0.717) is 42.9 Å². The number of carbonyl (C=O) groups is 2. The zero-order valence-electron chi connectivity index (χ0n) is 14.9. The molecule has 1 fully saturated rings. The highest BCUT2D eigenvalue weighted by atomic mass is 32.2. The number of piperidine rings is 1. The molecule has 1 aromatic carbocycles. The lowest BCUT2D eigenvalue weighted by Gasteiger charge is -2.37. The molecule has 2 rings (SSSR count). The van der Waals surface area contributed by atoms with Gasteiger partial charge in [0, 0.05) is 30.8 Å². The Hall–Kier alpha value is -2.13. The Labute approximate surface area is 156 Å². The molecule has 1 aliphatic rings. The molecule has 142 valence electrons. The van der Waals surface area contributed by atoms with Crippen LogP contribution in [0.1, 0.15) is 30.1 Å². The van der Waals surface area contributed by atoms with Crippen molar-refractivity contribution in [2.45, 2.75) is 30.7 Å². The number of likely N-dealkylation sites (tertiary alicyclic amines) is 1. The minimum Gasteiger partial charge on any atom is -0.480 e. The molecule has 0 spiro atoms. The lowest BCUT2D eigenvalue weighted by Crippen LogP contribution is -2.48. The molecule has 1 N–H and O–H groups in total. The number of nitrogens with zero attached hydrogens (tertiary/aromatic N) is 3. The third kappa shape index (κ3) is 4.73. The van der Waals surface area contributed by atoms with Crippen molar-refractivity contribution in [3.63, 3.8) is 0 Å². The van der Waals surface area contributed by atoms with E-state index in [2.05, 4.69) is 0 Å². The number of carbonyl (C=O) groups excluding carboxylic acids is 1. The van der Waals surface area contributed by atoms with Gasteiger partial charge in [0.25, 0.3) is 11.6 Å². The SMILES string of the molecule is CCN(CC(=O)O)C1CCN(C(=O)c2ccc(SC)c([N+](=O)[O-])c2)CC1. The lowest BCUT2D eigenvalue weighted by molar-refractivity contribution is -0.387. The zero-order valence-corrected chi connectivity index (χ0v) is 15.7. The van der Waals surface area contributed by atoms with Crippen molar-refractivity contribution in [3.05, 3.63) is 33.9 Å². The van der Waals surface area contributed by atoms with E-state index >= 15 is 0 Å². The van der Waals surface area contributed by atoms with Crippen LogP contribution < -0.4 is 0 Å². The molecule has 1 heterocycles. The zero-order chi connectivity index (χ0) is 19.3. The summed E-state index contributed by atoms with van der Waals surface area (Å²) in [6, 6.07) is 4.70. The average Bonchev–Trinajstić information content (AvgIpc) is 2.64. The predicted octanol–water partition coefficient (Wildman–Crippen LogP) is 2.33. The first kappa shape index (κ1) is 20.2. The second-order valence-electron chi connectivity index (χ2n) is 6.12. The number of likely N-dealkylation sites (N-methyl/N-ethyl adjacent to an activating group) is 1. The van der Waals surface area contributed by atoms with Gasteiger partial charge in [0.2, 0.25) is 0 Å². The lowest BCUT2D eigenvalue weighted by atomic mass is 10.0. The fourth-order valence-electron chi connectivity index (χ4n) is 3.26. The summed E-state index contributed by atoms with van der Waals surface area (Å²) < 4.78 is 0. The number of hydrogen-bond donors (Lipinski definition) is 1. The number of amides is 1. The molecule has 0 aromatic heterocycles. The number of benzene rings is 1. The van der Waals surface area contributed by atoms with Crippen LogP contribution in [-0.4, -0.2) is 70.2 Å². The van der Waals surface area contributed by atoms with E-state index in [9.17, 15) is 19.7 Å². The monoisotopic (exact) mass is 381 g/mol. The Morgan fingerprint density at radius 2 is 2.04 bits per heavy atom. The fourth-order valence-corrected chi connectivity index (χ4v) is 3.80. The van der Waals surface area contributed by atoms with Crippen LogP contribution in [0.2, 0.25) is 0 Å². The largest absolute Gasteiger partial charge is 0.480 e. The second kappa shape index (κ2) is 9.00. The highest BCUT2D eigenvalue weighted by Crippen LogP contribution is 2.29. The molecule has 0 aliphatic carbocycles. The molecule has 0 atom stereocenters. The Balaban J connectivity index is 2.05. The van der Waals surface area contributed by atoms with E-state index in [0.717, 1.165) is 0 Å². The van der Waals surface area contributed by atoms with Gasteiger partial charge in [-0.25, -0.2) is 0 Å². The summed E-state index contributed by atoms with van der Waals surface area (Å²) in [5.74, 6) is -1.08. The molecule has 26 heavy (non-hydrogen) atoms. The van der Waals surface area contributed by atoms with E-state index < -0.39 is 10.9 Å². The second-order valence-corrected chi connectivity index (χ2v) is 6.97. The molecular formula is C17H23N3O5S. The highest BCUT2D eigenvalue weighted by Gasteiger charge is 2.28. The topological polar surface area (TPSA) is 104 Å². The van der Waals surface area contributed by atoms with Crippen molar-refractivity contribution in [2.24, 2.45) is 0 Å². The van der Waals surface area contributed by atoms with Gasteiger partial charge in [-0.2, -0.15) is 0 Å². The van der Waals surface area contributed by atoms with Crippen molar-refractivity contribution >= 4 is 29.3 Å². The van der Waals surface area contributed by atoms with Crippen LogP contribution in [0.5, 0.6) is 0 Å². The summed E-state index contributed by atoms with van der Waals surface area (Å²) in [5, 5.41) is 20.2. The van der Waals surface area contributed by atoms with E-state index in [-0.39, 0.29) is 24.2 Å². The van der Waals surface area contributed by atoms with E-state index in [1.165, 1.54) is 17.8 Å². The van der Waals surface area contributed by atoms with Gasteiger partial charge >= 0.3 is 5.97 Å². The quantitative estimate of drug-likeness (QED) is 0.439. The number of aliphatic carboxylic acids is 1. The molecule has 1 aliphatic heterocycles. The first-order valence-electron chi connectivity index (χ1n) is 8.44. The van der Waals surface area contributed by atoms with Crippen molar-refractivity contribution in [3.8, 4) is 0 Å². The standard InChI is InChI=1S/C17H23N3O5S/c1-3-18(11-16(21)22)13-6-8-19(9-7-13)17(23)12-4-5-15(26-2)14(10-12)20(24)25/h4-5,10,13H,3,6-9,11H2,1-2H3,(H,21,22). The van der Waals surface area contributed by atoms with Crippen LogP contribution in [0.4, 0.5) is 5.69 Å². The first-order chi connectivity index (χ1) is 12.4. The van der Waals surface area contributed by atoms with Gasteiger partial charge in [0.15, 0.2) is 0 Å². The number of rotatable bonds is 7. The number of nitro groups is 1. The third-order valence-corrected chi connectivity index (χ3v) is 5.42. The molecule has 1 amide bonds. The molecule has 0 radical (unpaired) electrons. The first-order valence-corrected chi connectivity index (χ1v) is 9.67. The maximum Gasteiger partial charge on any atom is 0.317 e. The molecule has 0 unspecified atom stereocenters. The molecule has 8 nitrogen and oxygen atoms in total. The predicted molar refractivity (Wildman–Crippen MR) is 98.7 cm³/mol. The van der Waals surface area contributed by atoms with Crippen molar-refractivity contribution in [1.29, 1.82) is 0 Å². The van der Waals surface area contributed by atoms with Crippen molar-refractivity contribution in [1.82, 2.24) is 9.80 Å². The van der Waals surface area contributed by atoms with Crippen LogP contribution >= 0.6 is 11.8 Å². The fraction of sp³-hybridized carbons (Fsp3) is 0.529.